The van der Waals surface area contributed by atoms with E-state index in [1.165, 1.54) is 17.0 Å². The molecule has 0 aliphatic carbocycles. The Labute approximate surface area is 196 Å². The van der Waals surface area contributed by atoms with Crippen molar-refractivity contribution < 1.29 is 28.6 Å². The van der Waals surface area contributed by atoms with Crippen LogP contribution in [0.5, 0.6) is 0 Å². The van der Waals surface area contributed by atoms with Crippen molar-refractivity contribution in [2.24, 2.45) is 0 Å². The number of ketones is 1. The van der Waals surface area contributed by atoms with Crippen molar-refractivity contribution >= 4 is 29.0 Å². The molecular formula is C26H25FN2O5. The predicted octanol–water partition coefficient (Wildman–Crippen LogP) is 3.34. The van der Waals surface area contributed by atoms with Gasteiger partial charge in [-0.05, 0) is 49.6 Å². The zero-order valence-electron chi connectivity index (χ0n) is 18.8. The van der Waals surface area contributed by atoms with Gasteiger partial charge in [0.1, 0.15) is 11.6 Å². The van der Waals surface area contributed by atoms with Gasteiger partial charge in [-0.1, -0.05) is 25.1 Å². The van der Waals surface area contributed by atoms with Crippen LogP contribution < -0.4 is 4.90 Å². The van der Waals surface area contributed by atoms with E-state index >= 15 is 0 Å². The van der Waals surface area contributed by atoms with Crippen LogP contribution in [0.4, 0.5) is 10.1 Å². The molecule has 0 unspecified atom stereocenters. The van der Waals surface area contributed by atoms with Gasteiger partial charge in [-0.25, -0.2) is 4.39 Å². The van der Waals surface area contributed by atoms with Crippen molar-refractivity contribution in [3.63, 3.8) is 0 Å². The van der Waals surface area contributed by atoms with Gasteiger partial charge >= 0.3 is 0 Å². The molecule has 2 aromatic rings. The van der Waals surface area contributed by atoms with E-state index in [9.17, 15) is 23.9 Å². The van der Waals surface area contributed by atoms with Crippen molar-refractivity contribution in [1.29, 1.82) is 0 Å². The van der Waals surface area contributed by atoms with Crippen molar-refractivity contribution in [3.05, 3.63) is 71.0 Å². The van der Waals surface area contributed by atoms with E-state index in [0.717, 1.165) is 18.6 Å². The van der Waals surface area contributed by atoms with E-state index in [1.807, 2.05) is 6.92 Å². The molecule has 2 atom stereocenters. The molecule has 8 heteroatoms. The molecule has 0 aromatic heterocycles. The van der Waals surface area contributed by atoms with Gasteiger partial charge in [0.2, 0.25) is 0 Å². The minimum absolute atomic E-state index is 0.0464. The Bertz CT molecular complexity index is 1200. The van der Waals surface area contributed by atoms with Crippen LogP contribution in [-0.2, 0) is 24.7 Å². The number of carbonyl (C=O) groups is 3. The van der Waals surface area contributed by atoms with Gasteiger partial charge < -0.3 is 19.6 Å². The molecule has 2 amide bonds. The van der Waals surface area contributed by atoms with Gasteiger partial charge in [0, 0.05) is 30.8 Å². The van der Waals surface area contributed by atoms with E-state index in [4.69, 9.17) is 4.74 Å². The predicted molar refractivity (Wildman–Crippen MR) is 122 cm³/mol. The number of para-hydroxylation sites is 1. The number of hydrogen-bond donors (Lipinski definition) is 1. The largest absolute Gasteiger partial charge is 0.507 e. The van der Waals surface area contributed by atoms with Gasteiger partial charge in [0.15, 0.2) is 5.54 Å². The lowest BCUT2D eigenvalue weighted by atomic mass is 9.81. The lowest BCUT2D eigenvalue weighted by Gasteiger charge is -2.35. The van der Waals surface area contributed by atoms with Gasteiger partial charge in [-0.3, -0.25) is 14.4 Å². The Hall–Kier alpha value is -3.52. The SMILES string of the molecule is CCCN1C(=O)[C@@]2(C(=C(O)c3ccc(F)cc3)C(=O)C(=O)N2C[C@@H]2CCCO2)c2ccccc21. The number of aliphatic hydroxyl groups is 1. The second-order valence-electron chi connectivity index (χ2n) is 8.79. The lowest BCUT2D eigenvalue weighted by molar-refractivity contribution is -0.145. The number of anilines is 1. The number of amides is 2. The van der Waals surface area contributed by atoms with Crippen molar-refractivity contribution in [2.45, 2.75) is 37.8 Å². The fraction of sp³-hybridized carbons (Fsp3) is 0.346. The third-order valence-electron chi connectivity index (χ3n) is 6.78. The Kier molecular flexibility index (Phi) is 5.48. The zero-order chi connectivity index (χ0) is 24.0. The van der Waals surface area contributed by atoms with E-state index in [0.29, 0.717) is 37.2 Å². The van der Waals surface area contributed by atoms with E-state index in [2.05, 4.69) is 0 Å². The van der Waals surface area contributed by atoms with Gasteiger partial charge in [-0.2, -0.15) is 0 Å². The summed E-state index contributed by atoms with van der Waals surface area (Å²) in [5, 5.41) is 11.3. The maximum Gasteiger partial charge on any atom is 0.296 e. The molecule has 2 fully saturated rings. The fourth-order valence-corrected chi connectivity index (χ4v) is 5.31. The smallest absolute Gasteiger partial charge is 0.296 e. The number of hydrogen-bond acceptors (Lipinski definition) is 5. The summed E-state index contributed by atoms with van der Waals surface area (Å²) in [4.78, 5) is 43.9. The summed E-state index contributed by atoms with van der Waals surface area (Å²) in [6, 6.07) is 12.0. The molecule has 34 heavy (non-hydrogen) atoms. The summed E-state index contributed by atoms with van der Waals surface area (Å²) in [6.07, 6.45) is 1.86. The van der Waals surface area contributed by atoms with Crippen molar-refractivity contribution in [3.8, 4) is 0 Å². The molecule has 2 saturated heterocycles. The van der Waals surface area contributed by atoms with Crippen LogP contribution >= 0.6 is 0 Å². The Morgan fingerprint density at radius 1 is 1.15 bits per heavy atom. The number of nitrogens with zero attached hydrogens (tertiary/aromatic N) is 2. The second kappa shape index (κ2) is 8.36. The molecule has 0 radical (unpaired) electrons. The summed E-state index contributed by atoms with van der Waals surface area (Å²) in [5.41, 5.74) is -0.897. The summed E-state index contributed by atoms with van der Waals surface area (Å²) in [6.45, 7) is 2.91. The normalized spacial score (nSPS) is 25.6. The first-order chi connectivity index (χ1) is 16.4. The number of halogens is 1. The molecule has 0 saturated carbocycles. The Balaban J connectivity index is 1.79. The van der Waals surface area contributed by atoms with E-state index in [1.54, 1.807) is 29.2 Å². The number of aliphatic hydroxyl groups excluding tert-OH is 1. The highest BCUT2D eigenvalue weighted by Crippen LogP contribution is 2.53. The molecule has 3 heterocycles. The summed E-state index contributed by atoms with van der Waals surface area (Å²) in [7, 11) is 0. The van der Waals surface area contributed by atoms with Gasteiger partial charge in [0.25, 0.3) is 17.6 Å². The van der Waals surface area contributed by atoms with Crippen molar-refractivity contribution in [2.75, 3.05) is 24.6 Å². The maximum absolute atomic E-state index is 14.2. The van der Waals surface area contributed by atoms with Crippen LogP contribution in [0.3, 0.4) is 0 Å². The highest BCUT2D eigenvalue weighted by atomic mass is 19.1. The third-order valence-corrected chi connectivity index (χ3v) is 6.78. The summed E-state index contributed by atoms with van der Waals surface area (Å²) < 4.78 is 19.3. The second-order valence-corrected chi connectivity index (χ2v) is 8.79. The fourth-order valence-electron chi connectivity index (χ4n) is 5.31. The zero-order valence-corrected chi connectivity index (χ0v) is 18.8. The first kappa shape index (κ1) is 22.3. The average Bonchev–Trinajstić information content (AvgIpc) is 3.49. The molecular weight excluding hydrogens is 439 g/mol. The molecule has 3 aliphatic heterocycles. The molecule has 3 aliphatic rings. The summed E-state index contributed by atoms with van der Waals surface area (Å²) in [5.74, 6) is -3.28. The number of fused-ring (bicyclic) bond motifs is 2. The number of rotatable bonds is 5. The Morgan fingerprint density at radius 2 is 1.88 bits per heavy atom. The molecule has 7 nitrogen and oxygen atoms in total. The standard InChI is InChI=1S/C26H25FN2O5/c1-2-13-28-20-8-4-3-7-19(20)26(25(28)33)21(22(30)16-9-11-17(27)12-10-16)23(31)24(32)29(26)15-18-6-5-14-34-18/h3-4,7-12,18,30H,2,5-6,13-15H2,1H3/t18-,26-/m0/s1. The van der Waals surface area contributed by atoms with Crippen LogP contribution in [0.15, 0.2) is 54.1 Å². The summed E-state index contributed by atoms with van der Waals surface area (Å²) >= 11 is 0. The van der Waals surface area contributed by atoms with Gasteiger partial charge in [-0.15, -0.1) is 0 Å². The third kappa shape index (κ3) is 3.09. The highest BCUT2D eigenvalue weighted by Gasteiger charge is 2.67. The number of likely N-dealkylation sites (tertiary alicyclic amines) is 1. The number of carbonyl (C=O) groups excluding carboxylic acids is 3. The first-order valence-corrected chi connectivity index (χ1v) is 11.5. The molecule has 1 N–H and O–H groups in total. The van der Waals surface area contributed by atoms with Crippen molar-refractivity contribution in [1.82, 2.24) is 4.90 Å². The molecule has 176 valence electrons. The maximum atomic E-state index is 14.2. The average molecular weight is 464 g/mol. The van der Waals surface area contributed by atoms with Crippen LogP contribution in [0, 0.1) is 5.82 Å². The minimum Gasteiger partial charge on any atom is -0.507 e. The molecule has 1 spiro atoms. The van der Waals surface area contributed by atoms with E-state index in [-0.39, 0.29) is 23.8 Å². The number of Topliss-reactive ketones (excluding diaryl/α,β-unsaturated/α-hetero) is 1. The Morgan fingerprint density at radius 3 is 2.56 bits per heavy atom. The van der Waals surface area contributed by atoms with Crippen LogP contribution in [-0.4, -0.2) is 53.4 Å². The van der Waals surface area contributed by atoms with Crippen LogP contribution in [0.1, 0.15) is 37.3 Å². The molecule has 5 rings (SSSR count). The number of ether oxygens (including phenoxy) is 1. The van der Waals surface area contributed by atoms with Crippen LogP contribution in [0.25, 0.3) is 5.76 Å². The molecule has 2 aromatic carbocycles. The van der Waals surface area contributed by atoms with Crippen LogP contribution in [0.2, 0.25) is 0 Å². The first-order valence-electron chi connectivity index (χ1n) is 11.5. The quantitative estimate of drug-likeness (QED) is 0.417. The lowest BCUT2D eigenvalue weighted by Crippen LogP contribution is -2.53. The topological polar surface area (TPSA) is 87.2 Å². The minimum atomic E-state index is -1.82. The highest BCUT2D eigenvalue weighted by molar-refractivity contribution is 6.50. The monoisotopic (exact) mass is 464 g/mol. The number of benzene rings is 2. The van der Waals surface area contributed by atoms with E-state index < -0.39 is 34.7 Å². The molecule has 0 bridgehead atoms. The van der Waals surface area contributed by atoms with Gasteiger partial charge in [0.05, 0.1) is 17.4 Å².